The molecule has 0 N–H and O–H groups in total. The summed E-state index contributed by atoms with van der Waals surface area (Å²) in [6, 6.07) is 95.4. The molecule has 4 heterocycles. The summed E-state index contributed by atoms with van der Waals surface area (Å²) < 4.78 is 31.8. The van der Waals surface area contributed by atoms with Gasteiger partial charge in [-0.3, -0.25) is 0 Å². The van der Waals surface area contributed by atoms with Crippen LogP contribution in [0.1, 0.15) is 97.4 Å². The van der Waals surface area contributed by atoms with Crippen LogP contribution in [0.25, 0.3) is 0 Å². The molecule has 10 aromatic carbocycles. The number of rotatable bonds is 8. The smallest absolute Gasteiger partial charge is 0.188 e. The summed E-state index contributed by atoms with van der Waals surface area (Å²) in [6.07, 6.45) is 1.08. The van der Waals surface area contributed by atoms with Gasteiger partial charge in [0.1, 0.15) is 10.9 Å². The summed E-state index contributed by atoms with van der Waals surface area (Å²) >= 11 is 6.89. The van der Waals surface area contributed by atoms with Crippen LogP contribution in [0.15, 0.2) is 288 Å². The zero-order chi connectivity index (χ0) is 64.2. The van der Waals surface area contributed by atoms with E-state index < -0.39 is 14.3 Å². The Labute approximate surface area is 559 Å². The van der Waals surface area contributed by atoms with E-state index in [0.717, 1.165) is 82.1 Å². The van der Waals surface area contributed by atoms with Crippen LogP contribution in [0.4, 0.5) is 34.1 Å². The van der Waals surface area contributed by atoms with Crippen LogP contribution in [0, 0.1) is 13.8 Å². The van der Waals surface area contributed by atoms with Gasteiger partial charge in [-0.25, -0.2) is 9.97 Å². The quantitative estimate of drug-likeness (QED) is 0.141. The standard InChI is InChI=1S/C48H42N3OP.C18H14Br2NOP.C16H16/c1-33-41(51-44-25-15-11-21-39(44)48(4,5)40-22-12-16-26-45(40)51)31-32-46(49-33)53(52,35-17-7-6-8-18-35)36-29-27-34(28-30-36)50-42-23-13-9-19-37(42)47(2,3)38-20-10-14-24-43(38)50;1-13-17(20)11-12-18(21-13)23(22,15-5-3-2-4-6-15)16-9-7-14(19)8-10-16;1-16(2)14-9-5-3-7-12(14)11-13-8-4-6-10-15(13)16/h6-32H,1-5H3;2-12H,1H3;3-10H,11H2,1-2H3. The van der Waals surface area contributed by atoms with Crippen molar-refractivity contribution in [2.24, 2.45) is 0 Å². The minimum atomic E-state index is -3.38. The van der Waals surface area contributed by atoms with Crippen LogP contribution in [0.3, 0.4) is 0 Å². The predicted octanol–water partition coefficient (Wildman–Crippen LogP) is 19.7. The van der Waals surface area contributed by atoms with Crippen LogP contribution in [-0.4, -0.2) is 9.97 Å². The van der Waals surface area contributed by atoms with Crippen molar-refractivity contribution in [2.45, 2.75) is 78.1 Å². The molecule has 0 spiro atoms. The molecule has 0 bridgehead atoms. The van der Waals surface area contributed by atoms with Gasteiger partial charge in [0.2, 0.25) is 0 Å². The van der Waals surface area contributed by atoms with Gasteiger partial charge in [-0.1, -0.05) is 239 Å². The fraction of sp³-hybridized carbons (Fsp3) is 0.146. The minimum absolute atomic E-state index is 0.142. The fourth-order valence-corrected chi connectivity index (χ4v) is 19.6. The van der Waals surface area contributed by atoms with Crippen LogP contribution in [0.5, 0.6) is 0 Å². The lowest BCUT2D eigenvalue weighted by Gasteiger charge is -2.42. The number of aromatic nitrogens is 2. The largest absolute Gasteiger partial charge is 0.310 e. The molecule has 0 amide bonds. The number of pyridine rings is 2. The molecular formula is C82H72Br2N4O2P2. The van der Waals surface area contributed by atoms with Crippen molar-refractivity contribution in [2.75, 3.05) is 9.80 Å². The topological polar surface area (TPSA) is 66.4 Å². The molecule has 3 aliphatic rings. The molecule has 15 rings (SSSR count). The molecular weight excluding hydrogens is 1290 g/mol. The molecule has 2 unspecified atom stereocenters. The third kappa shape index (κ3) is 11.0. The average Bonchev–Trinajstić information content (AvgIpc) is 0.753. The maximum Gasteiger partial charge on any atom is 0.188 e. The summed E-state index contributed by atoms with van der Waals surface area (Å²) in [6.45, 7) is 17.8. The van der Waals surface area contributed by atoms with Crippen molar-refractivity contribution >= 4 is 112 Å². The lowest BCUT2D eigenvalue weighted by atomic mass is 9.69. The van der Waals surface area contributed by atoms with Gasteiger partial charge < -0.3 is 18.9 Å². The van der Waals surface area contributed by atoms with Gasteiger partial charge in [0.25, 0.3) is 0 Å². The zero-order valence-corrected chi connectivity index (χ0v) is 58.0. The minimum Gasteiger partial charge on any atom is -0.310 e. The van der Waals surface area contributed by atoms with Crippen molar-refractivity contribution in [3.05, 3.63) is 344 Å². The van der Waals surface area contributed by atoms with E-state index in [1.165, 1.54) is 44.5 Å². The summed E-state index contributed by atoms with van der Waals surface area (Å²) in [5, 5.41) is 3.08. The first-order chi connectivity index (χ1) is 44.3. The van der Waals surface area contributed by atoms with Crippen molar-refractivity contribution in [3.8, 4) is 0 Å². The molecule has 6 nitrogen and oxygen atoms in total. The van der Waals surface area contributed by atoms with E-state index in [9.17, 15) is 4.57 Å². The first-order valence-electron chi connectivity index (χ1n) is 31.3. The van der Waals surface area contributed by atoms with E-state index in [4.69, 9.17) is 4.98 Å². The maximum atomic E-state index is 15.8. The van der Waals surface area contributed by atoms with E-state index in [1.807, 2.05) is 129 Å². The molecule has 1 aliphatic carbocycles. The van der Waals surface area contributed by atoms with E-state index in [-0.39, 0.29) is 16.2 Å². The van der Waals surface area contributed by atoms with Gasteiger partial charge in [0.15, 0.2) is 14.3 Å². The molecule has 456 valence electrons. The van der Waals surface area contributed by atoms with Crippen molar-refractivity contribution in [1.29, 1.82) is 0 Å². The maximum absolute atomic E-state index is 15.8. The van der Waals surface area contributed by atoms with Crippen molar-refractivity contribution < 1.29 is 9.13 Å². The highest BCUT2D eigenvalue weighted by molar-refractivity contribution is 9.10. The number of para-hydroxylation sites is 4. The normalized spacial score (nSPS) is 15.5. The number of hydrogen-bond acceptors (Lipinski definition) is 6. The highest BCUT2D eigenvalue weighted by Crippen LogP contribution is 2.55. The second-order valence-corrected chi connectivity index (χ2v) is 32.7. The number of aryl methyl sites for hydroxylation is 2. The molecule has 0 fully saturated rings. The lowest BCUT2D eigenvalue weighted by molar-refractivity contribution is 0.591. The van der Waals surface area contributed by atoms with E-state index >= 15 is 4.57 Å². The first-order valence-corrected chi connectivity index (χ1v) is 36.3. The monoisotopic (exact) mass is 1360 g/mol. The Morgan fingerprint density at radius 2 is 0.652 bits per heavy atom. The Morgan fingerprint density at radius 3 is 1.07 bits per heavy atom. The highest BCUT2D eigenvalue weighted by Gasteiger charge is 2.40. The van der Waals surface area contributed by atoms with Gasteiger partial charge in [0, 0.05) is 52.1 Å². The SMILES string of the molecule is CC1(C)c2ccccc2Cc2ccccc21.Cc1nc(P(=O)(c2ccccc2)c2ccc(Br)cc2)ccc1Br.Cc1nc(P(=O)(c2ccccc2)c2ccc(N3c4ccccc4C(C)(C)c4ccccc43)cc2)ccc1N1c2ccccc2C(C)(C)c2ccccc21. The lowest BCUT2D eigenvalue weighted by Crippen LogP contribution is -2.32. The number of fused-ring (bicyclic) bond motifs is 6. The summed E-state index contributed by atoms with van der Waals surface area (Å²) in [5.74, 6) is 0. The van der Waals surface area contributed by atoms with E-state index in [0.29, 0.717) is 10.9 Å². The van der Waals surface area contributed by atoms with E-state index in [1.54, 1.807) is 0 Å². The van der Waals surface area contributed by atoms with E-state index in [2.05, 4.69) is 252 Å². The summed E-state index contributed by atoms with van der Waals surface area (Å²) in [7, 11) is -6.37. The number of anilines is 6. The molecule has 10 heteroatoms. The Hall–Kier alpha value is -8.48. The molecule has 12 aromatic rings. The van der Waals surface area contributed by atoms with Crippen LogP contribution in [-0.2, 0) is 31.8 Å². The van der Waals surface area contributed by atoms with Gasteiger partial charge in [-0.15, -0.1) is 0 Å². The second kappa shape index (κ2) is 24.9. The second-order valence-electron chi connectivity index (χ2n) is 25.5. The molecule has 0 radical (unpaired) electrons. The molecule has 2 aliphatic heterocycles. The van der Waals surface area contributed by atoms with Crippen LogP contribution in [0.2, 0.25) is 0 Å². The fourth-order valence-electron chi connectivity index (χ4n) is 14.0. The Kier molecular flexibility index (Phi) is 16.8. The zero-order valence-electron chi connectivity index (χ0n) is 53.0. The summed E-state index contributed by atoms with van der Waals surface area (Å²) in [5.41, 5.74) is 20.3. The molecule has 2 atom stereocenters. The predicted molar refractivity (Wildman–Crippen MR) is 394 cm³/mol. The van der Waals surface area contributed by atoms with Gasteiger partial charge >= 0.3 is 0 Å². The third-order valence-corrected chi connectivity index (χ3v) is 26.1. The van der Waals surface area contributed by atoms with Crippen molar-refractivity contribution in [3.63, 3.8) is 0 Å². The molecule has 0 saturated carbocycles. The van der Waals surface area contributed by atoms with Crippen LogP contribution < -0.4 is 41.9 Å². The molecule has 92 heavy (non-hydrogen) atoms. The highest BCUT2D eigenvalue weighted by atomic mass is 79.9. The number of halogens is 2. The number of hydrogen-bond donors (Lipinski definition) is 0. The van der Waals surface area contributed by atoms with Gasteiger partial charge in [0.05, 0.1) is 39.8 Å². The van der Waals surface area contributed by atoms with Crippen molar-refractivity contribution in [1.82, 2.24) is 9.97 Å². The average molecular weight is 1370 g/mol. The Bertz CT molecular complexity index is 4690. The Morgan fingerprint density at radius 1 is 0.326 bits per heavy atom. The molecule has 2 aromatic heterocycles. The summed E-state index contributed by atoms with van der Waals surface area (Å²) in [4.78, 5) is 14.5. The first kappa shape index (κ1) is 62.3. The van der Waals surface area contributed by atoms with Crippen LogP contribution >= 0.6 is 46.1 Å². The molecule has 0 saturated heterocycles. The van der Waals surface area contributed by atoms with Gasteiger partial charge in [-0.05, 0) is 178 Å². The number of nitrogens with zero attached hydrogens (tertiary/aromatic N) is 4. The van der Waals surface area contributed by atoms with Gasteiger partial charge in [-0.2, -0.15) is 0 Å². The number of benzene rings is 10. The third-order valence-electron chi connectivity index (χ3n) is 18.9. The Balaban J connectivity index is 0.000000161.